The molecule has 2 amide bonds. The largest absolute Gasteiger partial charge is 0.493 e. The second-order valence-corrected chi connectivity index (χ2v) is 10.0. The predicted molar refractivity (Wildman–Crippen MR) is 159 cm³/mol. The third-order valence-corrected chi connectivity index (χ3v) is 7.39. The van der Waals surface area contributed by atoms with Crippen LogP contribution in [0.25, 0.3) is 10.9 Å². The number of likely N-dealkylation sites (tertiary alicyclic amines) is 1. The fourth-order valence-electron chi connectivity index (χ4n) is 4.98. The summed E-state index contributed by atoms with van der Waals surface area (Å²) in [5.74, 6) is 1.16. The van der Waals surface area contributed by atoms with Crippen LogP contribution in [0.5, 0.6) is 23.0 Å². The van der Waals surface area contributed by atoms with E-state index in [1.54, 1.807) is 44.7 Å². The maximum absolute atomic E-state index is 14.9. The number of carbonyl (C=O) groups excluding carboxylic acids is 1. The minimum absolute atomic E-state index is 0.0273. The molecule has 1 aliphatic heterocycles. The van der Waals surface area contributed by atoms with Crippen LogP contribution in [0.1, 0.15) is 12.8 Å². The van der Waals surface area contributed by atoms with Gasteiger partial charge in [0.2, 0.25) is 0 Å². The molecular weight excluding hydrogens is 525 g/mol. The number of amides is 2. The third kappa shape index (κ3) is 6.44. The predicted octanol–water partition coefficient (Wildman–Crippen LogP) is 6.36. The van der Waals surface area contributed by atoms with Gasteiger partial charge < -0.3 is 34.6 Å². The number of methoxy groups -OCH3 is 2. The van der Waals surface area contributed by atoms with Crippen molar-refractivity contribution in [1.29, 1.82) is 0 Å². The van der Waals surface area contributed by atoms with Crippen LogP contribution >= 0.6 is 0 Å². The number of halogens is 1. The Bertz CT molecular complexity index is 1520. The Morgan fingerprint density at radius 2 is 1.66 bits per heavy atom. The van der Waals surface area contributed by atoms with Crippen molar-refractivity contribution >= 4 is 34.0 Å². The third-order valence-electron chi connectivity index (χ3n) is 7.39. The number of piperidine rings is 1. The van der Waals surface area contributed by atoms with Gasteiger partial charge in [-0.15, -0.1) is 0 Å². The van der Waals surface area contributed by atoms with Crippen LogP contribution < -0.4 is 29.7 Å². The molecule has 1 fully saturated rings. The van der Waals surface area contributed by atoms with Crippen molar-refractivity contribution in [2.24, 2.45) is 0 Å². The normalized spacial score (nSPS) is 14.0. The molecule has 0 atom stereocenters. The van der Waals surface area contributed by atoms with E-state index in [4.69, 9.17) is 14.2 Å². The number of rotatable bonds is 8. The summed E-state index contributed by atoms with van der Waals surface area (Å²) in [6.07, 6.45) is 3.83. The van der Waals surface area contributed by atoms with Crippen LogP contribution in [-0.2, 0) is 0 Å². The van der Waals surface area contributed by atoms with Gasteiger partial charge >= 0.3 is 6.03 Å². The topological polar surface area (TPSA) is 88.2 Å². The number of pyridine rings is 1. The number of carbonyl (C=O) groups is 1. The molecule has 0 bridgehead atoms. The second-order valence-electron chi connectivity index (χ2n) is 10.0. The van der Waals surface area contributed by atoms with E-state index in [0.717, 1.165) is 31.6 Å². The molecule has 0 saturated carbocycles. The molecule has 1 aromatic heterocycles. The fourth-order valence-corrected chi connectivity index (χ4v) is 4.98. The first kappa shape index (κ1) is 28.0. The molecule has 1 aliphatic rings. The molecule has 9 nitrogen and oxygen atoms in total. The lowest BCUT2D eigenvalue weighted by Gasteiger charge is -2.36. The molecule has 3 aromatic carbocycles. The van der Waals surface area contributed by atoms with E-state index in [-0.39, 0.29) is 11.4 Å². The fraction of sp³-hybridized carbons (Fsp3) is 0.290. The van der Waals surface area contributed by atoms with Gasteiger partial charge in [0.05, 0.1) is 25.4 Å². The van der Waals surface area contributed by atoms with E-state index < -0.39 is 11.8 Å². The van der Waals surface area contributed by atoms with Crippen molar-refractivity contribution in [3.63, 3.8) is 0 Å². The van der Waals surface area contributed by atoms with Crippen LogP contribution in [0.15, 0.2) is 66.9 Å². The van der Waals surface area contributed by atoms with Gasteiger partial charge in [0.1, 0.15) is 17.3 Å². The van der Waals surface area contributed by atoms with Gasteiger partial charge in [-0.25, -0.2) is 9.18 Å². The van der Waals surface area contributed by atoms with Crippen molar-refractivity contribution < 1.29 is 23.4 Å². The molecule has 41 heavy (non-hydrogen) atoms. The molecule has 0 radical (unpaired) electrons. The molecule has 10 heteroatoms. The summed E-state index contributed by atoms with van der Waals surface area (Å²) in [5.41, 5.74) is 2.36. The monoisotopic (exact) mass is 559 g/mol. The summed E-state index contributed by atoms with van der Waals surface area (Å²) in [6.45, 7) is 2.17. The number of urea groups is 1. The minimum atomic E-state index is -0.634. The Morgan fingerprint density at radius 1 is 0.951 bits per heavy atom. The van der Waals surface area contributed by atoms with Crippen LogP contribution in [-0.4, -0.2) is 63.4 Å². The summed E-state index contributed by atoms with van der Waals surface area (Å²) in [7, 11) is 7.35. The number of hydrogen-bond donors (Lipinski definition) is 2. The van der Waals surface area contributed by atoms with Gasteiger partial charge in [0.15, 0.2) is 11.5 Å². The van der Waals surface area contributed by atoms with Gasteiger partial charge in [-0.2, -0.15) is 0 Å². The van der Waals surface area contributed by atoms with Crippen molar-refractivity contribution in [2.75, 3.05) is 56.9 Å². The maximum atomic E-state index is 14.9. The lowest BCUT2D eigenvalue weighted by Crippen LogP contribution is -2.41. The molecular formula is C31H34FN5O4. The summed E-state index contributed by atoms with van der Waals surface area (Å²) in [4.78, 5) is 21.6. The quantitative estimate of drug-likeness (QED) is 0.260. The highest BCUT2D eigenvalue weighted by Crippen LogP contribution is 2.37. The minimum Gasteiger partial charge on any atom is -0.493 e. The summed E-state index contributed by atoms with van der Waals surface area (Å²) in [5, 5.41) is 6.00. The van der Waals surface area contributed by atoms with Gasteiger partial charge in [-0.3, -0.25) is 4.98 Å². The molecule has 0 aliphatic carbocycles. The van der Waals surface area contributed by atoms with Crippen molar-refractivity contribution in [3.05, 3.63) is 72.7 Å². The molecule has 0 spiro atoms. The first-order valence-electron chi connectivity index (χ1n) is 13.4. The van der Waals surface area contributed by atoms with Crippen molar-refractivity contribution in [2.45, 2.75) is 18.9 Å². The van der Waals surface area contributed by atoms with Crippen LogP contribution in [0.4, 0.5) is 26.2 Å². The number of ether oxygens (including phenoxy) is 3. The maximum Gasteiger partial charge on any atom is 0.323 e. The van der Waals surface area contributed by atoms with Gasteiger partial charge in [-0.05, 0) is 81.5 Å². The molecule has 2 heterocycles. The van der Waals surface area contributed by atoms with Crippen LogP contribution in [0.3, 0.4) is 0 Å². The SMILES string of the molecule is COc1cc2nccc(Oc3ccc(NC(=O)Nc4ccc(N(C)C5CCN(C)CC5)cc4)c(F)c3)c2cc1OC. The average molecular weight is 560 g/mol. The number of anilines is 3. The first-order valence-corrected chi connectivity index (χ1v) is 13.4. The Kier molecular flexibility index (Phi) is 8.39. The Labute approximate surface area is 238 Å². The van der Waals surface area contributed by atoms with E-state index in [1.807, 2.05) is 24.3 Å². The molecule has 1 saturated heterocycles. The van der Waals surface area contributed by atoms with Crippen LogP contribution in [0, 0.1) is 5.82 Å². The van der Waals surface area contributed by atoms with Gasteiger partial charge in [-0.1, -0.05) is 0 Å². The Balaban J connectivity index is 1.22. The number of nitrogens with zero attached hydrogens (tertiary/aromatic N) is 3. The standard InChI is InChI=1S/C31H34FN5O4/c1-36-15-12-22(13-16-36)37(2)21-7-5-20(6-8-21)34-31(38)35-26-10-9-23(17-25(26)32)41-28-11-14-33-27-19-30(40-4)29(39-3)18-24(27)28/h5-11,14,17-19,22H,12-13,15-16H2,1-4H3,(H2,34,35,38). The van der Waals surface area contributed by atoms with E-state index in [9.17, 15) is 9.18 Å². The Hall–Kier alpha value is -4.57. The zero-order valence-electron chi connectivity index (χ0n) is 23.6. The molecule has 4 aromatic rings. The first-order chi connectivity index (χ1) is 19.8. The van der Waals surface area contributed by atoms with Crippen molar-refractivity contribution in [1.82, 2.24) is 9.88 Å². The van der Waals surface area contributed by atoms with E-state index in [1.165, 1.54) is 12.1 Å². The highest BCUT2D eigenvalue weighted by molar-refractivity contribution is 6.00. The summed E-state index contributed by atoms with van der Waals surface area (Å²) >= 11 is 0. The molecule has 214 valence electrons. The van der Waals surface area contributed by atoms with E-state index in [0.29, 0.717) is 39.9 Å². The highest BCUT2D eigenvalue weighted by atomic mass is 19.1. The smallest absolute Gasteiger partial charge is 0.323 e. The van der Waals surface area contributed by atoms with Crippen molar-refractivity contribution in [3.8, 4) is 23.0 Å². The van der Waals surface area contributed by atoms with Crippen LogP contribution in [0.2, 0.25) is 0 Å². The Morgan fingerprint density at radius 3 is 2.34 bits per heavy atom. The number of hydrogen-bond acceptors (Lipinski definition) is 7. The van der Waals surface area contributed by atoms with E-state index in [2.05, 4.69) is 39.5 Å². The molecule has 5 rings (SSSR count). The number of nitrogens with one attached hydrogen (secondary N) is 2. The zero-order chi connectivity index (χ0) is 28.9. The summed E-state index contributed by atoms with van der Waals surface area (Å²) < 4.78 is 31.6. The number of aromatic nitrogens is 1. The van der Waals surface area contributed by atoms with Gasteiger partial charge in [0.25, 0.3) is 0 Å². The lowest BCUT2D eigenvalue weighted by molar-refractivity contribution is 0.253. The zero-order valence-corrected chi connectivity index (χ0v) is 23.6. The molecule has 2 N–H and O–H groups in total. The summed E-state index contributed by atoms with van der Waals surface area (Å²) in [6, 6.07) is 17.0. The highest BCUT2D eigenvalue weighted by Gasteiger charge is 2.21. The van der Waals surface area contributed by atoms with E-state index >= 15 is 0 Å². The van der Waals surface area contributed by atoms with Gasteiger partial charge in [0, 0.05) is 48.2 Å². The average Bonchev–Trinajstić information content (AvgIpc) is 2.98. The molecule has 0 unspecified atom stereocenters. The second kappa shape index (κ2) is 12.3. The number of benzene rings is 3. The number of fused-ring (bicyclic) bond motifs is 1. The lowest BCUT2D eigenvalue weighted by atomic mass is 10.0.